The summed E-state index contributed by atoms with van der Waals surface area (Å²) in [4.78, 5) is 13.1. The van der Waals surface area contributed by atoms with Crippen LogP contribution in [-0.4, -0.2) is 29.8 Å². The molecule has 21 heavy (non-hydrogen) atoms. The number of hydrogen-bond acceptors (Lipinski definition) is 4. The van der Waals surface area contributed by atoms with Crippen molar-refractivity contribution in [2.45, 2.75) is 70.7 Å². The van der Waals surface area contributed by atoms with Crippen molar-refractivity contribution in [2.75, 3.05) is 0 Å². The summed E-state index contributed by atoms with van der Waals surface area (Å²) in [6.45, 7) is 7.85. The average Bonchev–Trinajstić information content (AvgIpc) is 2.76. The Morgan fingerprint density at radius 1 is 1.43 bits per heavy atom. The number of amides is 1. The summed E-state index contributed by atoms with van der Waals surface area (Å²) in [5.74, 6) is 0. The third-order valence-electron chi connectivity index (χ3n) is 3.47. The Balaban J connectivity index is 1.62. The van der Waals surface area contributed by atoms with E-state index < -0.39 is 5.60 Å². The number of carbonyl (C=O) groups excluding carboxylic acids is 1. The molecule has 1 saturated carbocycles. The third-order valence-corrected chi connectivity index (χ3v) is 4.37. The van der Waals surface area contributed by atoms with Crippen LogP contribution in [-0.2, 0) is 11.2 Å². The summed E-state index contributed by atoms with van der Waals surface area (Å²) < 4.78 is 5.26. The number of nitrogens with one attached hydrogen (secondary N) is 2. The Morgan fingerprint density at radius 3 is 2.71 bits per heavy atom. The van der Waals surface area contributed by atoms with Crippen LogP contribution in [0.4, 0.5) is 4.79 Å². The minimum Gasteiger partial charge on any atom is -0.444 e. The van der Waals surface area contributed by atoms with E-state index in [1.54, 1.807) is 11.3 Å². The molecule has 1 unspecified atom stereocenters. The number of alkyl carbamates (subject to hydrolysis) is 1. The third kappa shape index (κ3) is 5.67. The molecule has 1 amide bonds. The molecule has 1 aliphatic rings. The quantitative estimate of drug-likeness (QED) is 0.877. The average molecular weight is 310 g/mol. The fourth-order valence-corrected chi connectivity index (χ4v) is 3.37. The summed E-state index contributed by atoms with van der Waals surface area (Å²) >= 11 is 1.80. The number of thiophene rings is 1. The van der Waals surface area contributed by atoms with Crippen molar-refractivity contribution < 1.29 is 9.53 Å². The molecular weight excluding hydrogens is 284 g/mol. The van der Waals surface area contributed by atoms with Crippen LogP contribution >= 0.6 is 11.3 Å². The first-order chi connectivity index (χ1) is 9.82. The van der Waals surface area contributed by atoms with Gasteiger partial charge in [0.2, 0.25) is 0 Å². The van der Waals surface area contributed by atoms with Gasteiger partial charge < -0.3 is 15.4 Å². The van der Waals surface area contributed by atoms with Gasteiger partial charge >= 0.3 is 6.09 Å². The molecule has 5 heteroatoms. The van der Waals surface area contributed by atoms with Gasteiger partial charge in [-0.15, -0.1) is 11.3 Å². The molecule has 1 aliphatic carbocycles. The van der Waals surface area contributed by atoms with Crippen molar-refractivity contribution in [1.29, 1.82) is 0 Å². The van der Waals surface area contributed by atoms with E-state index in [-0.39, 0.29) is 12.1 Å². The first kappa shape index (κ1) is 16.3. The molecule has 1 fully saturated rings. The van der Waals surface area contributed by atoms with E-state index in [1.165, 1.54) is 4.88 Å². The topological polar surface area (TPSA) is 50.4 Å². The molecular formula is C16H26N2O2S. The number of ether oxygens (including phenoxy) is 1. The largest absolute Gasteiger partial charge is 0.444 e. The van der Waals surface area contributed by atoms with Gasteiger partial charge in [-0.3, -0.25) is 0 Å². The van der Waals surface area contributed by atoms with Gasteiger partial charge in [0, 0.05) is 23.0 Å². The second kappa shape index (κ2) is 6.79. The van der Waals surface area contributed by atoms with Crippen molar-refractivity contribution in [3.05, 3.63) is 22.4 Å². The van der Waals surface area contributed by atoms with Crippen LogP contribution < -0.4 is 10.6 Å². The van der Waals surface area contributed by atoms with Crippen LogP contribution in [0.1, 0.15) is 45.4 Å². The van der Waals surface area contributed by atoms with Gasteiger partial charge in [-0.25, -0.2) is 4.79 Å². The fraction of sp³-hybridized carbons (Fsp3) is 0.688. The second-order valence-corrected chi connectivity index (χ2v) is 7.89. The Kier molecular flexibility index (Phi) is 5.27. The van der Waals surface area contributed by atoms with Gasteiger partial charge in [-0.2, -0.15) is 0 Å². The van der Waals surface area contributed by atoms with Crippen LogP contribution in [0, 0.1) is 0 Å². The Morgan fingerprint density at radius 2 is 2.14 bits per heavy atom. The van der Waals surface area contributed by atoms with Gasteiger partial charge in [0.25, 0.3) is 0 Å². The fourth-order valence-electron chi connectivity index (χ4n) is 2.54. The predicted octanol–water partition coefficient (Wildman–Crippen LogP) is 3.32. The molecule has 1 aromatic heterocycles. The van der Waals surface area contributed by atoms with E-state index in [9.17, 15) is 4.79 Å². The van der Waals surface area contributed by atoms with Crippen LogP contribution in [0.5, 0.6) is 0 Å². The maximum Gasteiger partial charge on any atom is 0.407 e. The number of hydrogen-bond donors (Lipinski definition) is 2. The van der Waals surface area contributed by atoms with Gasteiger partial charge in [0.05, 0.1) is 0 Å². The van der Waals surface area contributed by atoms with Crippen molar-refractivity contribution in [2.24, 2.45) is 0 Å². The van der Waals surface area contributed by atoms with Crippen LogP contribution in [0.25, 0.3) is 0 Å². The van der Waals surface area contributed by atoms with Gasteiger partial charge in [0.15, 0.2) is 0 Å². The summed E-state index contributed by atoms with van der Waals surface area (Å²) in [6, 6.07) is 5.48. The van der Waals surface area contributed by atoms with E-state index in [0.29, 0.717) is 12.1 Å². The lowest BCUT2D eigenvalue weighted by Gasteiger charge is -2.38. The zero-order valence-electron chi connectivity index (χ0n) is 13.3. The van der Waals surface area contributed by atoms with Crippen molar-refractivity contribution in [1.82, 2.24) is 10.6 Å². The highest BCUT2D eigenvalue weighted by Gasteiger charge is 2.32. The molecule has 118 valence electrons. The van der Waals surface area contributed by atoms with E-state index in [0.717, 1.165) is 19.3 Å². The Hall–Kier alpha value is -1.07. The smallest absolute Gasteiger partial charge is 0.407 e. The molecule has 0 spiro atoms. The zero-order valence-corrected chi connectivity index (χ0v) is 14.1. The molecule has 0 bridgehead atoms. The van der Waals surface area contributed by atoms with Gasteiger partial charge in [0.1, 0.15) is 5.60 Å². The minimum atomic E-state index is -0.430. The van der Waals surface area contributed by atoms with Crippen molar-refractivity contribution >= 4 is 17.4 Å². The minimum absolute atomic E-state index is 0.242. The maximum absolute atomic E-state index is 11.6. The van der Waals surface area contributed by atoms with Crippen LogP contribution in [0.2, 0.25) is 0 Å². The van der Waals surface area contributed by atoms with E-state index in [1.807, 2.05) is 20.8 Å². The summed E-state index contributed by atoms with van der Waals surface area (Å²) in [5.41, 5.74) is -0.430. The van der Waals surface area contributed by atoms with Crippen molar-refractivity contribution in [3.8, 4) is 0 Å². The molecule has 2 rings (SSSR count). The number of rotatable bonds is 5. The highest BCUT2D eigenvalue weighted by atomic mass is 32.1. The van der Waals surface area contributed by atoms with E-state index in [2.05, 4.69) is 35.1 Å². The summed E-state index contributed by atoms with van der Waals surface area (Å²) in [5, 5.41) is 8.66. The normalized spacial score (nSPS) is 23.2. The molecule has 1 atom stereocenters. The molecule has 1 heterocycles. The monoisotopic (exact) mass is 310 g/mol. The molecule has 2 N–H and O–H groups in total. The van der Waals surface area contributed by atoms with Gasteiger partial charge in [-0.1, -0.05) is 6.07 Å². The predicted molar refractivity (Wildman–Crippen MR) is 86.8 cm³/mol. The van der Waals surface area contributed by atoms with E-state index in [4.69, 9.17) is 4.74 Å². The molecule has 0 radical (unpaired) electrons. The second-order valence-electron chi connectivity index (χ2n) is 6.86. The van der Waals surface area contributed by atoms with Gasteiger partial charge in [-0.05, 0) is 58.4 Å². The standard InChI is InChI=1S/C16H26N2O2S/c1-11(8-14-6-5-7-21-14)17-12-9-13(10-12)18-15(19)20-16(2,3)4/h5-7,11-13,17H,8-10H2,1-4H3,(H,18,19). The Bertz CT molecular complexity index is 447. The highest BCUT2D eigenvalue weighted by molar-refractivity contribution is 7.09. The zero-order chi connectivity index (χ0) is 15.5. The lowest BCUT2D eigenvalue weighted by atomic mass is 9.86. The van der Waals surface area contributed by atoms with Crippen LogP contribution in [0.15, 0.2) is 17.5 Å². The summed E-state index contributed by atoms with van der Waals surface area (Å²) in [6.07, 6.45) is 2.72. The summed E-state index contributed by atoms with van der Waals surface area (Å²) in [7, 11) is 0. The SMILES string of the molecule is CC(Cc1cccs1)NC1CC(NC(=O)OC(C)(C)C)C1. The van der Waals surface area contributed by atoms with Crippen LogP contribution in [0.3, 0.4) is 0 Å². The molecule has 1 aromatic rings. The molecule has 0 aliphatic heterocycles. The highest BCUT2D eigenvalue weighted by Crippen LogP contribution is 2.22. The molecule has 4 nitrogen and oxygen atoms in total. The maximum atomic E-state index is 11.6. The first-order valence-electron chi connectivity index (χ1n) is 7.60. The Labute approximate surface area is 131 Å². The van der Waals surface area contributed by atoms with E-state index >= 15 is 0 Å². The first-order valence-corrected chi connectivity index (χ1v) is 8.48. The lowest BCUT2D eigenvalue weighted by Crippen LogP contribution is -2.55. The number of carbonyl (C=O) groups is 1. The molecule has 0 saturated heterocycles. The molecule has 0 aromatic carbocycles. The van der Waals surface area contributed by atoms with Crippen molar-refractivity contribution in [3.63, 3.8) is 0 Å². The lowest BCUT2D eigenvalue weighted by molar-refractivity contribution is 0.0463.